The van der Waals surface area contributed by atoms with Crippen LogP contribution in [-0.2, 0) is 19.3 Å². The molecule has 0 saturated carbocycles. The van der Waals surface area contributed by atoms with Gasteiger partial charge in [0, 0.05) is 32.7 Å². The fraction of sp³-hybridized carbons (Fsp3) is 0.609. The number of rotatable bonds is 5. The number of piperidine rings is 1. The number of aryl methyl sites for hydroxylation is 2. The van der Waals surface area contributed by atoms with Gasteiger partial charge >= 0.3 is 11.9 Å². The van der Waals surface area contributed by atoms with Gasteiger partial charge in [-0.25, -0.2) is 33.5 Å². The maximum absolute atomic E-state index is 13.1. The Bertz CT molecular complexity index is 1360. The van der Waals surface area contributed by atoms with Crippen molar-refractivity contribution in [3.05, 3.63) is 34.4 Å². The second kappa shape index (κ2) is 9.21. The molecular formula is C23H27F5N8O. The lowest BCUT2D eigenvalue weighted by molar-refractivity contribution is -0.145. The van der Waals surface area contributed by atoms with Gasteiger partial charge in [0.25, 0.3) is 6.43 Å². The summed E-state index contributed by atoms with van der Waals surface area (Å²) in [5.74, 6) is -0.609. The molecule has 0 radical (unpaired) electrons. The van der Waals surface area contributed by atoms with Gasteiger partial charge in [0.2, 0.25) is 5.82 Å². The number of nitrogens with zero attached hydrogens (tertiary/aromatic N) is 8. The van der Waals surface area contributed by atoms with Crippen molar-refractivity contribution in [1.29, 1.82) is 0 Å². The minimum absolute atomic E-state index is 0.00746. The molecule has 2 fully saturated rings. The zero-order chi connectivity index (χ0) is 26.5. The van der Waals surface area contributed by atoms with Gasteiger partial charge in [0.1, 0.15) is 5.82 Å². The number of imidazole rings is 1. The fourth-order valence-corrected chi connectivity index (χ4v) is 5.47. The zero-order valence-electron chi connectivity index (χ0n) is 20.5. The number of hydrogen-bond acceptors (Lipinski definition) is 7. The summed E-state index contributed by atoms with van der Waals surface area (Å²) in [6, 6.07) is 0. The normalized spacial score (nSPS) is 18.1. The fourth-order valence-electron chi connectivity index (χ4n) is 5.47. The van der Waals surface area contributed by atoms with Crippen molar-refractivity contribution in [2.75, 3.05) is 36.0 Å². The van der Waals surface area contributed by atoms with E-state index in [2.05, 4.69) is 19.9 Å². The summed E-state index contributed by atoms with van der Waals surface area (Å²) in [6.07, 6.45) is -1.92. The molecule has 2 aliphatic heterocycles. The molecule has 0 N–H and O–H groups in total. The quantitative estimate of drug-likeness (QED) is 0.471. The summed E-state index contributed by atoms with van der Waals surface area (Å²) in [4.78, 5) is 32.8. The SMILES string of the molecule is CCn1c(=O)n(CC(F)F)c2nc(N3CCC4(CC3)CCN(c3cnc(C(F)(F)F)nc3C)C4)cnc21. The summed E-state index contributed by atoms with van der Waals surface area (Å²) in [5, 5.41) is 0. The molecule has 9 nitrogen and oxygen atoms in total. The molecule has 2 saturated heterocycles. The Balaban J connectivity index is 1.31. The highest BCUT2D eigenvalue weighted by Crippen LogP contribution is 2.43. The highest BCUT2D eigenvalue weighted by atomic mass is 19.4. The van der Waals surface area contributed by atoms with Crippen LogP contribution in [0.2, 0.25) is 0 Å². The molecule has 0 aliphatic carbocycles. The maximum atomic E-state index is 13.1. The van der Waals surface area contributed by atoms with Gasteiger partial charge < -0.3 is 9.80 Å². The predicted octanol–water partition coefficient (Wildman–Crippen LogP) is 3.49. The van der Waals surface area contributed by atoms with Crippen LogP contribution >= 0.6 is 0 Å². The van der Waals surface area contributed by atoms with Gasteiger partial charge in [-0.05, 0) is 38.5 Å². The van der Waals surface area contributed by atoms with Crippen LogP contribution in [0.5, 0.6) is 0 Å². The minimum Gasteiger partial charge on any atom is -0.368 e. The molecule has 3 aromatic heterocycles. The zero-order valence-corrected chi connectivity index (χ0v) is 20.5. The Hall–Kier alpha value is -3.32. The van der Waals surface area contributed by atoms with E-state index in [0.29, 0.717) is 49.9 Å². The monoisotopic (exact) mass is 526 g/mol. The first kappa shape index (κ1) is 25.3. The molecule has 14 heteroatoms. The van der Waals surface area contributed by atoms with E-state index in [1.807, 2.05) is 9.80 Å². The Morgan fingerprint density at radius 3 is 2.24 bits per heavy atom. The summed E-state index contributed by atoms with van der Waals surface area (Å²) >= 11 is 0. The average Bonchev–Trinajstić information content (AvgIpc) is 3.37. The third-order valence-corrected chi connectivity index (χ3v) is 7.47. The van der Waals surface area contributed by atoms with Crippen molar-refractivity contribution in [3.63, 3.8) is 0 Å². The van der Waals surface area contributed by atoms with Gasteiger partial charge in [-0.3, -0.25) is 9.13 Å². The highest BCUT2D eigenvalue weighted by Gasteiger charge is 2.42. The number of alkyl halides is 5. The number of anilines is 2. The Morgan fingerprint density at radius 1 is 0.973 bits per heavy atom. The first-order valence-electron chi connectivity index (χ1n) is 12.2. The van der Waals surface area contributed by atoms with E-state index in [0.717, 1.165) is 23.8 Å². The summed E-state index contributed by atoms with van der Waals surface area (Å²) < 4.78 is 67.4. The van der Waals surface area contributed by atoms with Gasteiger partial charge in [-0.2, -0.15) is 13.2 Å². The van der Waals surface area contributed by atoms with Gasteiger partial charge in [0.15, 0.2) is 11.3 Å². The second-order valence-electron chi connectivity index (χ2n) is 9.72. The van der Waals surface area contributed by atoms with E-state index in [-0.39, 0.29) is 16.7 Å². The largest absolute Gasteiger partial charge is 0.451 e. The first-order chi connectivity index (χ1) is 17.5. The van der Waals surface area contributed by atoms with E-state index in [1.165, 1.54) is 10.8 Å². The number of aromatic nitrogens is 6. The average molecular weight is 527 g/mol. The van der Waals surface area contributed by atoms with Crippen LogP contribution in [0.1, 0.15) is 37.7 Å². The van der Waals surface area contributed by atoms with E-state index < -0.39 is 30.7 Å². The van der Waals surface area contributed by atoms with Crippen molar-refractivity contribution < 1.29 is 22.0 Å². The Morgan fingerprint density at radius 2 is 1.65 bits per heavy atom. The molecule has 0 atom stereocenters. The second-order valence-corrected chi connectivity index (χ2v) is 9.72. The molecule has 0 bridgehead atoms. The van der Waals surface area contributed by atoms with E-state index >= 15 is 0 Å². The lowest BCUT2D eigenvalue weighted by atomic mass is 9.78. The van der Waals surface area contributed by atoms with Crippen molar-refractivity contribution >= 4 is 22.8 Å². The lowest BCUT2D eigenvalue weighted by Crippen LogP contribution is -2.42. The Kier molecular flexibility index (Phi) is 6.31. The number of fused-ring (bicyclic) bond motifs is 1. The van der Waals surface area contributed by atoms with Crippen molar-refractivity contribution in [3.8, 4) is 0 Å². The lowest BCUT2D eigenvalue weighted by Gasteiger charge is -2.39. The molecule has 3 aromatic rings. The summed E-state index contributed by atoms with van der Waals surface area (Å²) in [7, 11) is 0. The standard InChI is InChI=1S/C23H27F5N8O/c1-3-35-18-19(36(21(35)37)12-16(24)25)32-17(11-29-18)33-7-4-22(5-8-33)6-9-34(13-22)15-10-30-20(23(26,27)28)31-14(15)2/h10-11,16H,3-9,12-13H2,1-2H3. The third-order valence-electron chi connectivity index (χ3n) is 7.47. The molecule has 0 unspecified atom stereocenters. The van der Waals surface area contributed by atoms with Crippen LogP contribution < -0.4 is 15.5 Å². The van der Waals surface area contributed by atoms with Gasteiger partial charge in [-0.1, -0.05) is 0 Å². The molecule has 200 valence electrons. The molecule has 5 heterocycles. The minimum atomic E-state index is -4.58. The highest BCUT2D eigenvalue weighted by molar-refractivity contribution is 5.69. The number of halogens is 5. The van der Waals surface area contributed by atoms with E-state index in [4.69, 9.17) is 0 Å². The van der Waals surface area contributed by atoms with Crippen LogP contribution in [-0.4, -0.2) is 61.7 Å². The molecule has 0 amide bonds. The maximum Gasteiger partial charge on any atom is 0.451 e. The summed E-state index contributed by atoms with van der Waals surface area (Å²) in [5.41, 5.74) is 0.782. The molecule has 1 spiro atoms. The van der Waals surface area contributed by atoms with E-state index in [1.54, 1.807) is 20.0 Å². The topological polar surface area (TPSA) is 85.0 Å². The third kappa shape index (κ3) is 4.61. The first-order valence-corrected chi connectivity index (χ1v) is 12.2. The van der Waals surface area contributed by atoms with Crippen LogP contribution in [0.25, 0.3) is 11.3 Å². The molecule has 2 aliphatic rings. The number of hydrogen-bond donors (Lipinski definition) is 0. The van der Waals surface area contributed by atoms with E-state index in [9.17, 15) is 26.7 Å². The van der Waals surface area contributed by atoms with Crippen molar-refractivity contribution in [1.82, 2.24) is 29.1 Å². The smallest absolute Gasteiger partial charge is 0.368 e. The Labute approximate surface area is 209 Å². The van der Waals surface area contributed by atoms with Crippen molar-refractivity contribution in [2.45, 2.75) is 58.8 Å². The molecule has 5 rings (SSSR count). The van der Waals surface area contributed by atoms with Crippen LogP contribution in [0.4, 0.5) is 33.5 Å². The molecule has 37 heavy (non-hydrogen) atoms. The molecule has 0 aromatic carbocycles. The van der Waals surface area contributed by atoms with Gasteiger partial charge in [0.05, 0.1) is 30.3 Å². The van der Waals surface area contributed by atoms with Crippen LogP contribution in [0, 0.1) is 12.3 Å². The van der Waals surface area contributed by atoms with Crippen LogP contribution in [0.15, 0.2) is 17.2 Å². The molecular weight excluding hydrogens is 499 g/mol. The van der Waals surface area contributed by atoms with Crippen molar-refractivity contribution in [2.24, 2.45) is 5.41 Å². The van der Waals surface area contributed by atoms with Crippen LogP contribution in [0.3, 0.4) is 0 Å². The van der Waals surface area contributed by atoms with Gasteiger partial charge in [-0.15, -0.1) is 0 Å². The predicted molar refractivity (Wildman–Crippen MR) is 126 cm³/mol. The summed E-state index contributed by atoms with van der Waals surface area (Å²) in [6.45, 7) is 5.57.